The fraction of sp³-hybridized carbons (Fsp3) is 0.333. The molecule has 1 aliphatic heterocycles. The normalized spacial score (nSPS) is 16.6. The summed E-state index contributed by atoms with van der Waals surface area (Å²) in [6.45, 7) is 2.22. The number of anilines is 1. The maximum atomic E-state index is 12.5. The Kier molecular flexibility index (Phi) is 4.35. The molecule has 1 aromatic carbocycles. The molecule has 0 amide bonds. The standard InChI is InChI=1S/C15H18N4O2S/c20-22(21,13-14-4-2-1-3-5-14)19-10-8-18(9-11-19)15-12-16-6-7-17-15/h1-7,12H,8-11,13H2. The van der Waals surface area contributed by atoms with E-state index < -0.39 is 10.0 Å². The molecular formula is C15H18N4O2S. The third kappa shape index (κ3) is 3.42. The first kappa shape index (κ1) is 14.9. The molecule has 1 aliphatic rings. The lowest BCUT2D eigenvalue weighted by molar-refractivity contribution is 0.383. The van der Waals surface area contributed by atoms with E-state index in [9.17, 15) is 8.42 Å². The Bertz CT molecular complexity index is 699. The largest absolute Gasteiger partial charge is 0.353 e. The van der Waals surface area contributed by atoms with Crippen molar-refractivity contribution >= 4 is 15.8 Å². The number of hydrogen-bond acceptors (Lipinski definition) is 5. The lowest BCUT2D eigenvalue weighted by Gasteiger charge is -2.34. The molecule has 0 saturated carbocycles. The van der Waals surface area contributed by atoms with E-state index in [1.54, 1.807) is 22.9 Å². The molecule has 0 unspecified atom stereocenters. The van der Waals surface area contributed by atoms with Crippen molar-refractivity contribution in [3.8, 4) is 0 Å². The highest BCUT2D eigenvalue weighted by Crippen LogP contribution is 2.16. The highest BCUT2D eigenvalue weighted by molar-refractivity contribution is 7.88. The van der Waals surface area contributed by atoms with Gasteiger partial charge >= 0.3 is 0 Å². The van der Waals surface area contributed by atoms with Crippen molar-refractivity contribution in [3.05, 3.63) is 54.5 Å². The van der Waals surface area contributed by atoms with E-state index in [2.05, 4.69) is 14.9 Å². The minimum absolute atomic E-state index is 0.0545. The van der Waals surface area contributed by atoms with Crippen LogP contribution >= 0.6 is 0 Å². The lowest BCUT2D eigenvalue weighted by Crippen LogP contribution is -2.49. The highest BCUT2D eigenvalue weighted by atomic mass is 32.2. The Hall–Kier alpha value is -1.99. The molecule has 0 N–H and O–H groups in total. The summed E-state index contributed by atoms with van der Waals surface area (Å²) in [6.07, 6.45) is 4.98. The Morgan fingerprint density at radius 1 is 1.00 bits per heavy atom. The molecule has 3 rings (SSSR count). The van der Waals surface area contributed by atoms with Gasteiger partial charge < -0.3 is 4.90 Å². The van der Waals surface area contributed by atoms with Crippen LogP contribution in [0.15, 0.2) is 48.9 Å². The van der Waals surface area contributed by atoms with Crippen LogP contribution in [0.3, 0.4) is 0 Å². The maximum absolute atomic E-state index is 12.5. The van der Waals surface area contributed by atoms with Gasteiger partial charge in [0.25, 0.3) is 0 Å². The van der Waals surface area contributed by atoms with Crippen molar-refractivity contribution in [2.24, 2.45) is 0 Å². The third-order valence-corrected chi connectivity index (χ3v) is 5.55. The quantitative estimate of drug-likeness (QED) is 0.845. The molecule has 22 heavy (non-hydrogen) atoms. The van der Waals surface area contributed by atoms with Crippen molar-refractivity contribution in [3.63, 3.8) is 0 Å². The zero-order valence-electron chi connectivity index (χ0n) is 12.2. The topological polar surface area (TPSA) is 66.4 Å². The zero-order chi connectivity index (χ0) is 15.4. The maximum Gasteiger partial charge on any atom is 0.218 e. The highest BCUT2D eigenvalue weighted by Gasteiger charge is 2.27. The smallest absolute Gasteiger partial charge is 0.218 e. The Balaban J connectivity index is 1.63. The summed E-state index contributed by atoms with van der Waals surface area (Å²) >= 11 is 0. The second kappa shape index (κ2) is 6.41. The molecule has 0 aliphatic carbocycles. The van der Waals surface area contributed by atoms with Crippen LogP contribution < -0.4 is 4.90 Å². The molecule has 0 bridgehead atoms. The van der Waals surface area contributed by atoms with Gasteiger partial charge in [0.15, 0.2) is 0 Å². The van der Waals surface area contributed by atoms with E-state index in [-0.39, 0.29) is 5.75 Å². The summed E-state index contributed by atoms with van der Waals surface area (Å²) in [7, 11) is -3.27. The summed E-state index contributed by atoms with van der Waals surface area (Å²) < 4.78 is 26.5. The predicted molar refractivity (Wildman–Crippen MR) is 84.9 cm³/mol. The second-order valence-electron chi connectivity index (χ2n) is 5.19. The number of piperazine rings is 1. The monoisotopic (exact) mass is 318 g/mol. The molecule has 1 aromatic heterocycles. The predicted octanol–water partition coefficient (Wildman–Crippen LogP) is 1.13. The minimum Gasteiger partial charge on any atom is -0.353 e. The van der Waals surface area contributed by atoms with Gasteiger partial charge in [0, 0.05) is 38.6 Å². The molecule has 2 heterocycles. The van der Waals surface area contributed by atoms with E-state index in [4.69, 9.17) is 0 Å². The average Bonchev–Trinajstić information content (AvgIpc) is 2.56. The number of nitrogens with zero attached hydrogens (tertiary/aromatic N) is 4. The number of hydrogen-bond donors (Lipinski definition) is 0. The molecule has 2 aromatic rings. The van der Waals surface area contributed by atoms with Crippen LogP contribution in [-0.2, 0) is 15.8 Å². The second-order valence-corrected chi connectivity index (χ2v) is 7.16. The van der Waals surface area contributed by atoms with Crippen LogP contribution in [0.4, 0.5) is 5.82 Å². The van der Waals surface area contributed by atoms with E-state index in [1.165, 1.54) is 0 Å². The van der Waals surface area contributed by atoms with Crippen LogP contribution in [-0.4, -0.2) is 48.9 Å². The Morgan fingerprint density at radius 2 is 1.73 bits per heavy atom. The van der Waals surface area contributed by atoms with Gasteiger partial charge in [-0.05, 0) is 5.56 Å². The molecule has 1 saturated heterocycles. The summed E-state index contributed by atoms with van der Waals surface area (Å²) in [5.41, 5.74) is 0.818. The first-order chi connectivity index (χ1) is 10.6. The summed E-state index contributed by atoms with van der Waals surface area (Å²) in [4.78, 5) is 10.4. The summed E-state index contributed by atoms with van der Waals surface area (Å²) in [5.74, 6) is 0.849. The number of sulfonamides is 1. The third-order valence-electron chi connectivity index (χ3n) is 3.70. The fourth-order valence-corrected chi connectivity index (χ4v) is 4.04. The zero-order valence-corrected chi connectivity index (χ0v) is 13.0. The molecule has 6 nitrogen and oxygen atoms in total. The van der Waals surface area contributed by atoms with E-state index >= 15 is 0 Å². The number of benzene rings is 1. The van der Waals surface area contributed by atoms with Crippen LogP contribution in [0.5, 0.6) is 0 Å². The van der Waals surface area contributed by atoms with Gasteiger partial charge in [-0.1, -0.05) is 30.3 Å². The van der Waals surface area contributed by atoms with Gasteiger partial charge in [0.05, 0.1) is 11.9 Å². The molecule has 1 fully saturated rings. The fourth-order valence-electron chi connectivity index (χ4n) is 2.53. The van der Waals surface area contributed by atoms with Gasteiger partial charge in [0.1, 0.15) is 5.82 Å². The number of rotatable bonds is 4. The molecule has 0 atom stereocenters. The molecule has 0 radical (unpaired) electrons. The van der Waals surface area contributed by atoms with Crippen LogP contribution in [0, 0.1) is 0 Å². The van der Waals surface area contributed by atoms with Crippen molar-refractivity contribution < 1.29 is 8.42 Å². The van der Waals surface area contributed by atoms with Gasteiger partial charge in [-0.3, -0.25) is 4.98 Å². The van der Waals surface area contributed by atoms with Crippen LogP contribution in [0.25, 0.3) is 0 Å². The van der Waals surface area contributed by atoms with Gasteiger partial charge in [-0.2, -0.15) is 4.31 Å². The van der Waals surface area contributed by atoms with Crippen molar-refractivity contribution in [2.45, 2.75) is 5.75 Å². The van der Waals surface area contributed by atoms with Crippen molar-refractivity contribution in [1.82, 2.24) is 14.3 Å². The summed E-state index contributed by atoms with van der Waals surface area (Å²) in [6, 6.07) is 9.28. The van der Waals surface area contributed by atoms with Crippen LogP contribution in [0.1, 0.15) is 5.56 Å². The lowest BCUT2D eigenvalue weighted by atomic mass is 10.2. The first-order valence-corrected chi connectivity index (χ1v) is 8.79. The molecule has 0 spiro atoms. The van der Waals surface area contributed by atoms with E-state index in [0.717, 1.165) is 11.4 Å². The Labute approximate surface area is 130 Å². The first-order valence-electron chi connectivity index (χ1n) is 7.18. The molecular weight excluding hydrogens is 300 g/mol. The number of aromatic nitrogens is 2. The van der Waals surface area contributed by atoms with E-state index in [0.29, 0.717) is 26.2 Å². The average molecular weight is 318 g/mol. The Morgan fingerprint density at radius 3 is 2.36 bits per heavy atom. The van der Waals surface area contributed by atoms with E-state index in [1.807, 2.05) is 30.3 Å². The van der Waals surface area contributed by atoms with Gasteiger partial charge in [-0.15, -0.1) is 0 Å². The van der Waals surface area contributed by atoms with Crippen molar-refractivity contribution in [2.75, 3.05) is 31.1 Å². The SMILES string of the molecule is O=S(=O)(Cc1ccccc1)N1CCN(c2cnccn2)CC1. The van der Waals surface area contributed by atoms with Gasteiger partial charge in [-0.25, -0.2) is 13.4 Å². The minimum atomic E-state index is -3.27. The molecule has 116 valence electrons. The summed E-state index contributed by atoms with van der Waals surface area (Å²) in [5, 5.41) is 0. The van der Waals surface area contributed by atoms with Crippen LogP contribution in [0.2, 0.25) is 0 Å². The van der Waals surface area contributed by atoms with Crippen molar-refractivity contribution in [1.29, 1.82) is 0 Å². The van der Waals surface area contributed by atoms with Gasteiger partial charge in [0.2, 0.25) is 10.0 Å². The molecule has 7 heteroatoms.